The molecule has 38 heavy (non-hydrogen) atoms. The van der Waals surface area contributed by atoms with Crippen molar-refractivity contribution in [3.8, 4) is 11.1 Å². The Morgan fingerprint density at radius 1 is 0.605 bits per heavy atom. The molecule has 0 spiro atoms. The Hall–Kier alpha value is -4.26. The van der Waals surface area contributed by atoms with E-state index in [4.69, 9.17) is 4.74 Å². The van der Waals surface area contributed by atoms with E-state index in [1.165, 1.54) is 4.90 Å². The van der Waals surface area contributed by atoms with E-state index < -0.39 is 0 Å². The number of anilines is 3. The van der Waals surface area contributed by atoms with Crippen LogP contribution >= 0.6 is 0 Å². The summed E-state index contributed by atoms with van der Waals surface area (Å²) in [6.07, 6.45) is 0. The van der Waals surface area contributed by atoms with Crippen molar-refractivity contribution in [2.45, 2.75) is 0 Å². The van der Waals surface area contributed by atoms with Gasteiger partial charge in [-0.25, -0.2) is 0 Å². The van der Waals surface area contributed by atoms with Crippen LogP contribution in [0, 0.1) is 0 Å². The number of hydrogen-bond acceptors (Lipinski definition) is 5. The molecule has 1 fully saturated rings. The number of fused-ring (bicyclic) bond motifs is 1. The summed E-state index contributed by atoms with van der Waals surface area (Å²) in [5.74, 6) is -0.419. The third kappa shape index (κ3) is 4.72. The van der Waals surface area contributed by atoms with E-state index in [0.717, 1.165) is 41.3 Å². The average Bonchev–Trinajstić information content (AvgIpc) is 3.22. The summed E-state index contributed by atoms with van der Waals surface area (Å²) in [7, 11) is 0. The van der Waals surface area contributed by atoms with Gasteiger partial charge in [0.05, 0.1) is 24.3 Å². The molecule has 0 aromatic heterocycles. The number of rotatable bonds is 7. The number of amides is 2. The number of ether oxygens (including phenoxy) is 1. The first-order valence-electron chi connectivity index (χ1n) is 13.0. The van der Waals surface area contributed by atoms with E-state index in [2.05, 4.69) is 58.3 Å². The van der Waals surface area contributed by atoms with Gasteiger partial charge in [0.15, 0.2) is 0 Å². The lowest BCUT2D eigenvalue weighted by atomic mass is 10.00. The molecule has 0 atom stereocenters. The second-order valence-corrected chi connectivity index (χ2v) is 9.53. The van der Waals surface area contributed by atoms with Crippen LogP contribution in [-0.4, -0.2) is 61.0 Å². The maximum atomic E-state index is 13.2. The van der Waals surface area contributed by atoms with E-state index in [9.17, 15) is 9.59 Å². The van der Waals surface area contributed by atoms with Gasteiger partial charge in [-0.1, -0.05) is 54.6 Å². The van der Waals surface area contributed by atoms with Gasteiger partial charge < -0.3 is 9.64 Å². The van der Waals surface area contributed by atoms with Gasteiger partial charge in [0, 0.05) is 43.2 Å². The van der Waals surface area contributed by atoms with Crippen molar-refractivity contribution >= 4 is 28.9 Å². The predicted octanol–water partition coefficient (Wildman–Crippen LogP) is 5.75. The van der Waals surface area contributed by atoms with Crippen molar-refractivity contribution in [1.82, 2.24) is 9.80 Å². The molecular formula is C32H29N3O3. The number of carbonyl (C=O) groups excluding carboxylic acids is 2. The molecule has 2 aliphatic heterocycles. The van der Waals surface area contributed by atoms with Gasteiger partial charge in [-0.3, -0.25) is 19.4 Å². The topological polar surface area (TPSA) is 53.1 Å². The molecule has 190 valence electrons. The van der Waals surface area contributed by atoms with Crippen molar-refractivity contribution in [1.29, 1.82) is 0 Å². The molecule has 6 rings (SSSR count). The SMILES string of the molecule is O=C1c2ccc(-c3ccc(N(c4ccccc4)c4ccccc4)cc3)cc2C(=O)N1CCN1CCOCC1. The normalized spacial score (nSPS) is 15.5. The maximum absolute atomic E-state index is 13.2. The van der Waals surface area contributed by atoms with Gasteiger partial charge in [0.2, 0.25) is 0 Å². The molecule has 4 aromatic rings. The second-order valence-electron chi connectivity index (χ2n) is 9.53. The molecule has 0 unspecified atom stereocenters. The van der Waals surface area contributed by atoms with Gasteiger partial charge in [0.1, 0.15) is 0 Å². The number of para-hydroxylation sites is 2. The van der Waals surface area contributed by atoms with Gasteiger partial charge in [0.25, 0.3) is 11.8 Å². The molecule has 4 aromatic carbocycles. The molecule has 0 aliphatic carbocycles. The van der Waals surface area contributed by atoms with Gasteiger partial charge >= 0.3 is 0 Å². The molecule has 2 aliphatic rings. The van der Waals surface area contributed by atoms with E-state index in [0.29, 0.717) is 37.4 Å². The molecule has 2 amide bonds. The quantitative estimate of drug-likeness (QED) is 0.301. The van der Waals surface area contributed by atoms with Gasteiger partial charge in [-0.15, -0.1) is 0 Å². The van der Waals surface area contributed by atoms with Crippen LogP contribution in [0.1, 0.15) is 20.7 Å². The zero-order chi connectivity index (χ0) is 25.9. The number of carbonyl (C=O) groups is 2. The van der Waals surface area contributed by atoms with E-state index in [1.807, 2.05) is 48.5 Å². The molecule has 0 radical (unpaired) electrons. The lowest BCUT2D eigenvalue weighted by Gasteiger charge is -2.27. The highest BCUT2D eigenvalue weighted by Gasteiger charge is 2.35. The Morgan fingerprint density at radius 3 is 1.79 bits per heavy atom. The van der Waals surface area contributed by atoms with E-state index in [-0.39, 0.29) is 11.8 Å². The van der Waals surface area contributed by atoms with Crippen LogP contribution in [0.4, 0.5) is 17.1 Å². The Balaban J connectivity index is 1.24. The molecule has 0 N–H and O–H groups in total. The maximum Gasteiger partial charge on any atom is 0.261 e. The zero-order valence-electron chi connectivity index (χ0n) is 21.1. The van der Waals surface area contributed by atoms with Crippen molar-refractivity contribution in [2.75, 3.05) is 44.3 Å². The van der Waals surface area contributed by atoms with Crippen molar-refractivity contribution in [2.24, 2.45) is 0 Å². The average molecular weight is 504 g/mol. The van der Waals surface area contributed by atoms with Crippen LogP contribution < -0.4 is 4.90 Å². The zero-order valence-corrected chi connectivity index (χ0v) is 21.1. The lowest BCUT2D eigenvalue weighted by Crippen LogP contribution is -2.42. The molecule has 0 bridgehead atoms. The Kier molecular flexibility index (Phi) is 6.73. The van der Waals surface area contributed by atoms with Crippen LogP contribution in [0.25, 0.3) is 11.1 Å². The van der Waals surface area contributed by atoms with Crippen LogP contribution in [0.3, 0.4) is 0 Å². The summed E-state index contributed by atoms with van der Waals surface area (Å²) in [6, 6.07) is 34.4. The first kappa shape index (κ1) is 24.1. The van der Waals surface area contributed by atoms with Gasteiger partial charge in [-0.2, -0.15) is 0 Å². The number of nitrogens with zero attached hydrogens (tertiary/aromatic N) is 3. The van der Waals surface area contributed by atoms with Crippen LogP contribution in [0.2, 0.25) is 0 Å². The minimum atomic E-state index is -0.212. The van der Waals surface area contributed by atoms with Crippen LogP contribution in [0.5, 0.6) is 0 Å². The van der Waals surface area contributed by atoms with Crippen molar-refractivity contribution < 1.29 is 14.3 Å². The van der Waals surface area contributed by atoms with Crippen molar-refractivity contribution in [3.05, 3.63) is 114 Å². The van der Waals surface area contributed by atoms with Crippen molar-refractivity contribution in [3.63, 3.8) is 0 Å². The van der Waals surface area contributed by atoms with E-state index in [1.54, 1.807) is 6.07 Å². The molecule has 1 saturated heterocycles. The number of hydrogen-bond donors (Lipinski definition) is 0. The molecule has 6 nitrogen and oxygen atoms in total. The first-order valence-corrected chi connectivity index (χ1v) is 13.0. The third-order valence-corrected chi connectivity index (χ3v) is 7.20. The number of morpholine rings is 1. The molecule has 6 heteroatoms. The number of benzene rings is 4. The van der Waals surface area contributed by atoms with Gasteiger partial charge in [-0.05, 0) is 59.7 Å². The summed E-state index contributed by atoms with van der Waals surface area (Å²) in [6.45, 7) is 4.11. The molecule has 0 saturated carbocycles. The van der Waals surface area contributed by atoms with Crippen LogP contribution in [-0.2, 0) is 4.74 Å². The minimum absolute atomic E-state index is 0.207. The highest BCUT2D eigenvalue weighted by molar-refractivity contribution is 6.21. The smallest absolute Gasteiger partial charge is 0.261 e. The second kappa shape index (κ2) is 10.6. The molecular weight excluding hydrogens is 474 g/mol. The van der Waals surface area contributed by atoms with Crippen LogP contribution in [0.15, 0.2) is 103 Å². The monoisotopic (exact) mass is 503 g/mol. The summed E-state index contributed by atoms with van der Waals surface area (Å²) in [5.41, 5.74) is 6.05. The first-order chi connectivity index (χ1) is 18.7. The predicted molar refractivity (Wildman–Crippen MR) is 149 cm³/mol. The fourth-order valence-corrected chi connectivity index (χ4v) is 5.14. The summed E-state index contributed by atoms with van der Waals surface area (Å²) >= 11 is 0. The highest BCUT2D eigenvalue weighted by Crippen LogP contribution is 2.36. The Bertz CT molecular complexity index is 1390. The van der Waals surface area contributed by atoms with E-state index >= 15 is 0 Å². The fourth-order valence-electron chi connectivity index (χ4n) is 5.14. The fraction of sp³-hybridized carbons (Fsp3) is 0.188. The summed E-state index contributed by atoms with van der Waals surface area (Å²) in [5, 5.41) is 0. The molecule has 2 heterocycles. The summed E-state index contributed by atoms with van der Waals surface area (Å²) in [4.78, 5) is 32.0. The largest absolute Gasteiger partial charge is 0.379 e. The summed E-state index contributed by atoms with van der Waals surface area (Å²) < 4.78 is 5.39. The Labute approximate surface area is 222 Å². The number of imide groups is 1. The Morgan fingerprint density at radius 2 is 1.16 bits per heavy atom. The minimum Gasteiger partial charge on any atom is -0.379 e. The lowest BCUT2D eigenvalue weighted by molar-refractivity contribution is 0.0325. The standard InChI is InChI=1S/C32H29N3O3/c36-31-29-16-13-25(23-30(29)32(37)34(31)18-17-33-19-21-38-22-20-33)24-11-14-28(15-12-24)35(26-7-3-1-4-8-26)27-9-5-2-6-10-27/h1-16,23H,17-22H2. The highest BCUT2D eigenvalue weighted by atomic mass is 16.5. The third-order valence-electron chi connectivity index (χ3n) is 7.20.